The van der Waals surface area contributed by atoms with Gasteiger partial charge in [-0.25, -0.2) is 4.39 Å². The molecule has 0 radical (unpaired) electrons. The van der Waals surface area contributed by atoms with E-state index < -0.39 is 0 Å². The Morgan fingerprint density at radius 3 is 3.20 bits per heavy atom. The van der Waals surface area contributed by atoms with Crippen LogP contribution in [0.5, 0.6) is 0 Å². The van der Waals surface area contributed by atoms with Crippen LogP contribution >= 0.6 is 0 Å². The number of nitrogens with one attached hydrogen (secondary N) is 1. The summed E-state index contributed by atoms with van der Waals surface area (Å²) in [7, 11) is 0. The summed E-state index contributed by atoms with van der Waals surface area (Å²) in [5.74, 6) is 0.538. The fraction of sp³-hybridized carbons (Fsp3) is 0.583. The van der Waals surface area contributed by atoms with Crippen LogP contribution in [-0.2, 0) is 0 Å². The van der Waals surface area contributed by atoms with Crippen LogP contribution in [-0.4, -0.2) is 11.5 Å². The van der Waals surface area contributed by atoms with Gasteiger partial charge in [0.1, 0.15) is 5.82 Å². The highest BCUT2D eigenvalue weighted by molar-refractivity contribution is 5.18. The van der Waals surface area contributed by atoms with Crippen molar-refractivity contribution in [2.45, 2.75) is 32.2 Å². The third kappa shape index (κ3) is 2.34. The molecule has 1 aromatic rings. The van der Waals surface area contributed by atoms with Crippen LogP contribution in [0, 0.1) is 11.7 Å². The van der Waals surface area contributed by atoms with Crippen LogP contribution in [0.25, 0.3) is 0 Å². The van der Waals surface area contributed by atoms with Crippen molar-refractivity contribution < 1.29 is 4.39 Å². The zero-order valence-corrected chi connectivity index (χ0v) is 9.04. The Morgan fingerprint density at radius 2 is 2.47 bits per heavy atom. The Labute approximate surface area is 89.9 Å². The molecule has 2 nitrogen and oxygen atoms in total. The topological polar surface area (TPSA) is 24.9 Å². The Bertz CT molecular complexity index is 327. The molecule has 2 atom stereocenters. The molecule has 15 heavy (non-hydrogen) atoms. The lowest BCUT2D eigenvalue weighted by atomic mass is 9.87. The van der Waals surface area contributed by atoms with Crippen LogP contribution < -0.4 is 5.32 Å². The molecule has 1 saturated heterocycles. The van der Waals surface area contributed by atoms with E-state index in [0.717, 1.165) is 24.4 Å². The van der Waals surface area contributed by atoms with E-state index in [9.17, 15) is 4.39 Å². The quantitative estimate of drug-likeness (QED) is 0.808. The average Bonchev–Trinajstić information content (AvgIpc) is 2.30. The van der Waals surface area contributed by atoms with E-state index in [1.54, 1.807) is 12.3 Å². The first-order valence-electron chi connectivity index (χ1n) is 5.64. The van der Waals surface area contributed by atoms with Crippen LogP contribution in [0.2, 0.25) is 0 Å². The van der Waals surface area contributed by atoms with E-state index in [0.29, 0.717) is 0 Å². The minimum absolute atomic E-state index is 0.173. The highest BCUT2D eigenvalue weighted by atomic mass is 19.1. The first-order chi connectivity index (χ1) is 7.31. The molecular weight excluding hydrogens is 191 g/mol. The van der Waals surface area contributed by atoms with Gasteiger partial charge in [-0.1, -0.05) is 13.3 Å². The molecule has 1 aromatic heterocycles. The van der Waals surface area contributed by atoms with Crippen LogP contribution in [0.3, 0.4) is 0 Å². The molecular formula is C12H17FN2. The summed E-state index contributed by atoms with van der Waals surface area (Å²) in [6.07, 6.45) is 6.39. The van der Waals surface area contributed by atoms with Crippen molar-refractivity contribution in [1.29, 1.82) is 0 Å². The number of rotatable bonds is 2. The van der Waals surface area contributed by atoms with Gasteiger partial charge in [-0.3, -0.25) is 4.98 Å². The van der Waals surface area contributed by atoms with E-state index in [4.69, 9.17) is 0 Å². The van der Waals surface area contributed by atoms with Gasteiger partial charge in [-0.05, 0) is 31.4 Å². The molecule has 1 fully saturated rings. The van der Waals surface area contributed by atoms with Gasteiger partial charge < -0.3 is 5.32 Å². The van der Waals surface area contributed by atoms with Crippen molar-refractivity contribution in [3.05, 3.63) is 29.8 Å². The second-order valence-electron chi connectivity index (χ2n) is 4.20. The van der Waals surface area contributed by atoms with Gasteiger partial charge in [0.15, 0.2) is 0 Å². The average molecular weight is 208 g/mol. The van der Waals surface area contributed by atoms with Crippen molar-refractivity contribution in [2.24, 2.45) is 5.92 Å². The highest BCUT2D eigenvalue weighted by Gasteiger charge is 2.23. The Balaban J connectivity index is 2.13. The SMILES string of the molecule is CCC1CCNC(c2ccncc2F)C1. The molecule has 2 unspecified atom stereocenters. The number of nitrogens with zero attached hydrogens (tertiary/aromatic N) is 1. The first kappa shape index (κ1) is 10.6. The van der Waals surface area contributed by atoms with Gasteiger partial charge >= 0.3 is 0 Å². The largest absolute Gasteiger partial charge is 0.310 e. The molecule has 2 rings (SSSR count). The summed E-state index contributed by atoms with van der Waals surface area (Å²) in [4.78, 5) is 3.78. The molecule has 0 amide bonds. The standard InChI is InChI=1S/C12H17FN2/c1-2-9-3-6-15-12(7-9)10-4-5-14-8-11(10)13/h4-5,8-9,12,15H,2-3,6-7H2,1H3. The number of piperidine rings is 1. The zero-order chi connectivity index (χ0) is 10.7. The molecule has 0 aliphatic carbocycles. The van der Waals surface area contributed by atoms with E-state index in [1.807, 2.05) is 0 Å². The zero-order valence-electron chi connectivity index (χ0n) is 9.04. The molecule has 1 aliphatic rings. The summed E-state index contributed by atoms with van der Waals surface area (Å²) in [5, 5.41) is 3.37. The van der Waals surface area contributed by atoms with E-state index in [-0.39, 0.29) is 11.9 Å². The monoisotopic (exact) mass is 208 g/mol. The normalized spacial score (nSPS) is 26.5. The number of pyridine rings is 1. The second kappa shape index (κ2) is 4.71. The Kier molecular flexibility index (Phi) is 3.31. The fourth-order valence-corrected chi connectivity index (χ4v) is 2.27. The van der Waals surface area contributed by atoms with Crippen molar-refractivity contribution >= 4 is 0 Å². The van der Waals surface area contributed by atoms with Crippen LogP contribution in [0.1, 0.15) is 37.8 Å². The van der Waals surface area contributed by atoms with Gasteiger partial charge in [0, 0.05) is 17.8 Å². The maximum Gasteiger partial charge on any atom is 0.146 e. The summed E-state index contributed by atoms with van der Waals surface area (Å²) in [5.41, 5.74) is 0.767. The summed E-state index contributed by atoms with van der Waals surface area (Å²) >= 11 is 0. The Hall–Kier alpha value is -0.960. The molecule has 0 bridgehead atoms. The maximum absolute atomic E-state index is 13.5. The number of hydrogen-bond donors (Lipinski definition) is 1. The van der Waals surface area contributed by atoms with E-state index in [1.165, 1.54) is 19.0 Å². The molecule has 3 heteroatoms. The molecule has 0 aromatic carbocycles. The van der Waals surface area contributed by atoms with E-state index in [2.05, 4.69) is 17.2 Å². The lowest BCUT2D eigenvalue weighted by Crippen LogP contribution is -2.32. The second-order valence-corrected chi connectivity index (χ2v) is 4.20. The molecule has 2 heterocycles. The van der Waals surface area contributed by atoms with E-state index >= 15 is 0 Å². The van der Waals surface area contributed by atoms with Crippen molar-refractivity contribution in [2.75, 3.05) is 6.54 Å². The predicted octanol–water partition coefficient (Wildman–Crippen LogP) is 2.67. The van der Waals surface area contributed by atoms with Gasteiger partial charge in [0.05, 0.1) is 6.20 Å². The lowest BCUT2D eigenvalue weighted by Gasteiger charge is -2.30. The van der Waals surface area contributed by atoms with Crippen molar-refractivity contribution in [1.82, 2.24) is 10.3 Å². The first-order valence-corrected chi connectivity index (χ1v) is 5.64. The number of hydrogen-bond acceptors (Lipinski definition) is 2. The minimum Gasteiger partial charge on any atom is -0.310 e. The maximum atomic E-state index is 13.5. The predicted molar refractivity (Wildman–Crippen MR) is 58.0 cm³/mol. The third-order valence-electron chi connectivity index (χ3n) is 3.27. The van der Waals surface area contributed by atoms with Gasteiger partial charge in [-0.2, -0.15) is 0 Å². The molecule has 0 saturated carbocycles. The smallest absolute Gasteiger partial charge is 0.146 e. The van der Waals surface area contributed by atoms with Crippen molar-refractivity contribution in [3.8, 4) is 0 Å². The molecule has 1 aliphatic heterocycles. The highest BCUT2D eigenvalue weighted by Crippen LogP contribution is 2.29. The van der Waals surface area contributed by atoms with Crippen LogP contribution in [0.15, 0.2) is 18.5 Å². The third-order valence-corrected chi connectivity index (χ3v) is 3.27. The van der Waals surface area contributed by atoms with Gasteiger partial charge in [0.2, 0.25) is 0 Å². The Morgan fingerprint density at radius 1 is 1.60 bits per heavy atom. The molecule has 82 valence electrons. The number of halogens is 1. The van der Waals surface area contributed by atoms with Gasteiger partial charge in [0.25, 0.3) is 0 Å². The summed E-state index contributed by atoms with van der Waals surface area (Å²) in [6.45, 7) is 3.20. The van der Waals surface area contributed by atoms with Crippen LogP contribution in [0.4, 0.5) is 4.39 Å². The fourth-order valence-electron chi connectivity index (χ4n) is 2.27. The van der Waals surface area contributed by atoms with Gasteiger partial charge in [-0.15, -0.1) is 0 Å². The summed E-state index contributed by atoms with van der Waals surface area (Å²) < 4.78 is 13.5. The molecule has 0 spiro atoms. The summed E-state index contributed by atoms with van der Waals surface area (Å²) in [6, 6.07) is 1.96. The lowest BCUT2D eigenvalue weighted by molar-refractivity contribution is 0.294. The minimum atomic E-state index is -0.188. The van der Waals surface area contributed by atoms with Crippen molar-refractivity contribution in [3.63, 3.8) is 0 Å². The number of aromatic nitrogens is 1. The molecule has 1 N–H and O–H groups in total.